The molecule has 0 unspecified atom stereocenters. The van der Waals surface area contributed by atoms with E-state index in [4.69, 9.17) is 10.5 Å². The Morgan fingerprint density at radius 1 is 1.31 bits per heavy atom. The Bertz CT molecular complexity index is 986. The van der Waals surface area contributed by atoms with Crippen LogP contribution in [0.4, 0.5) is 5.82 Å². The molecule has 0 spiro atoms. The van der Waals surface area contributed by atoms with Crippen LogP contribution in [0.3, 0.4) is 0 Å². The summed E-state index contributed by atoms with van der Waals surface area (Å²) in [6.45, 7) is 3.64. The van der Waals surface area contributed by atoms with Gasteiger partial charge < -0.3 is 25.7 Å². The van der Waals surface area contributed by atoms with Crippen LogP contribution in [0.25, 0.3) is 11.1 Å². The van der Waals surface area contributed by atoms with Crippen molar-refractivity contribution in [2.75, 3.05) is 12.3 Å². The summed E-state index contributed by atoms with van der Waals surface area (Å²) in [6.07, 6.45) is 1.48. The number of carboxylic acids is 2. The first-order valence-electron chi connectivity index (χ1n) is 6.94. The van der Waals surface area contributed by atoms with Gasteiger partial charge in [-0.25, -0.2) is 9.59 Å². The first-order chi connectivity index (χ1) is 12.2. The number of aromatic carboxylic acids is 2. The van der Waals surface area contributed by atoms with Gasteiger partial charge in [-0.05, 0) is 34.7 Å². The number of carbonyl (C=O) groups is 2. The smallest absolute Gasteiger partial charge is 0.342 e. The summed E-state index contributed by atoms with van der Waals surface area (Å²) in [7, 11) is 0. The monoisotopic (exact) mass is 534 g/mol. The van der Waals surface area contributed by atoms with Gasteiger partial charge in [0.05, 0.1) is 3.57 Å². The zero-order valence-corrected chi connectivity index (χ0v) is 16.8. The molecule has 1 aromatic heterocycles. The molecule has 0 radical (unpaired) electrons. The molecule has 2 aromatic rings. The van der Waals surface area contributed by atoms with E-state index in [1.54, 1.807) is 6.07 Å². The number of aromatic nitrogens is 1. The van der Waals surface area contributed by atoms with Gasteiger partial charge in [-0.1, -0.05) is 28.6 Å². The van der Waals surface area contributed by atoms with E-state index in [0.29, 0.717) is 8.04 Å². The minimum Gasteiger partial charge on any atom is -0.488 e. The number of carboxylic acid groups (broad SMARTS) is 2. The van der Waals surface area contributed by atoms with Crippen LogP contribution in [0.2, 0.25) is 0 Å². The van der Waals surface area contributed by atoms with Crippen molar-refractivity contribution in [1.29, 1.82) is 0 Å². The lowest BCUT2D eigenvalue weighted by Gasteiger charge is -2.17. The minimum absolute atomic E-state index is 0.0914. The Morgan fingerprint density at radius 2 is 1.92 bits per heavy atom. The third kappa shape index (κ3) is 3.75. The first kappa shape index (κ1) is 20.0. The Balaban J connectivity index is 3.04. The van der Waals surface area contributed by atoms with Gasteiger partial charge in [-0.3, -0.25) is 4.79 Å². The second-order valence-corrected chi connectivity index (χ2v) is 7.04. The van der Waals surface area contributed by atoms with Gasteiger partial charge in [0.2, 0.25) is 0 Å². The predicted molar refractivity (Wildman–Crippen MR) is 107 cm³/mol. The summed E-state index contributed by atoms with van der Waals surface area (Å²) in [4.78, 5) is 37.6. The van der Waals surface area contributed by atoms with Gasteiger partial charge in [0.1, 0.15) is 29.3 Å². The van der Waals surface area contributed by atoms with E-state index >= 15 is 0 Å². The molecule has 10 heteroatoms. The van der Waals surface area contributed by atoms with Gasteiger partial charge >= 0.3 is 11.9 Å². The maximum absolute atomic E-state index is 12.2. The van der Waals surface area contributed by atoms with Gasteiger partial charge in [0, 0.05) is 15.6 Å². The number of hydrogen-bond acceptors (Lipinski definition) is 5. The summed E-state index contributed by atoms with van der Waals surface area (Å²) in [5.74, 6) is -3.31. The van der Waals surface area contributed by atoms with Gasteiger partial charge in [0.15, 0.2) is 0 Å². The normalized spacial score (nSPS) is 10.4. The van der Waals surface area contributed by atoms with Crippen LogP contribution in [0.5, 0.6) is 5.75 Å². The number of nitrogen functional groups attached to an aromatic ring is 1. The SMILES string of the molecule is C=CCOc1c(I)cc(Br)cc1-c1c(C(=O)O)c(N)[nH]c(=O)c1C(=O)O. The zero-order chi connectivity index (χ0) is 19.6. The molecule has 2 rings (SSSR count). The highest BCUT2D eigenvalue weighted by Gasteiger charge is 2.29. The quantitative estimate of drug-likeness (QED) is 0.329. The minimum atomic E-state index is -1.59. The average molecular weight is 535 g/mol. The summed E-state index contributed by atoms with van der Waals surface area (Å²) >= 11 is 5.23. The first-order valence-corrected chi connectivity index (χ1v) is 8.81. The number of nitrogens with one attached hydrogen (secondary N) is 1. The zero-order valence-electron chi connectivity index (χ0n) is 13.0. The van der Waals surface area contributed by atoms with Gasteiger partial charge in [-0.15, -0.1) is 0 Å². The highest BCUT2D eigenvalue weighted by molar-refractivity contribution is 14.1. The lowest BCUT2D eigenvalue weighted by atomic mass is 9.94. The molecule has 0 bridgehead atoms. The molecule has 0 aliphatic carbocycles. The number of H-pyrrole nitrogens is 1. The predicted octanol–water partition coefficient (Wildman–Crippen LogP) is 2.95. The van der Waals surface area contributed by atoms with Crippen molar-refractivity contribution < 1.29 is 24.5 Å². The number of pyridine rings is 1. The van der Waals surface area contributed by atoms with Crippen LogP contribution in [0, 0.1) is 3.57 Å². The standard InChI is InChI=1S/C16H12BrIN2O6/c1-2-3-26-12-7(4-6(17)5-8(12)18)9-10(15(22)23)13(19)20-14(21)11(9)16(24)25/h2,4-5H,1,3H2,(H,22,23)(H,24,25)(H3,19,20,21). The number of hydrogen-bond donors (Lipinski definition) is 4. The molecule has 1 aromatic carbocycles. The number of benzene rings is 1. The molecule has 0 saturated carbocycles. The van der Waals surface area contributed by atoms with Crippen molar-refractivity contribution in [2.45, 2.75) is 0 Å². The molecule has 26 heavy (non-hydrogen) atoms. The van der Waals surface area contributed by atoms with Crippen LogP contribution in [-0.4, -0.2) is 33.7 Å². The lowest BCUT2D eigenvalue weighted by molar-refractivity contribution is 0.0695. The molecule has 0 aliphatic heterocycles. The van der Waals surface area contributed by atoms with Crippen LogP contribution in [-0.2, 0) is 0 Å². The van der Waals surface area contributed by atoms with E-state index in [-0.39, 0.29) is 23.5 Å². The van der Waals surface area contributed by atoms with Crippen LogP contribution in [0.1, 0.15) is 20.7 Å². The molecule has 136 valence electrons. The van der Waals surface area contributed by atoms with Crippen LogP contribution < -0.4 is 16.0 Å². The summed E-state index contributed by atoms with van der Waals surface area (Å²) in [5.41, 5.74) is 3.15. The Kier molecular flexibility index (Phi) is 6.08. The fourth-order valence-corrected chi connectivity index (χ4v) is 4.02. The Hall–Kier alpha value is -2.34. The van der Waals surface area contributed by atoms with E-state index in [1.165, 1.54) is 12.1 Å². The van der Waals surface area contributed by atoms with Crippen molar-refractivity contribution in [1.82, 2.24) is 4.98 Å². The lowest BCUT2D eigenvalue weighted by Crippen LogP contribution is -2.24. The van der Waals surface area contributed by atoms with Crippen molar-refractivity contribution in [2.24, 2.45) is 0 Å². The van der Waals surface area contributed by atoms with E-state index in [9.17, 15) is 24.6 Å². The highest BCUT2D eigenvalue weighted by atomic mass is 127. The van der Waals surface area contributed by atoms with E-state index in [1.807, 2.05) is 22.6 Å². The second kappa shape index (κ2) is 7.91. The molecule has 8 nitrogen and oxygen atoms in total. The summed E-state index contributed by atoms with van der Waals surface area (Å²) in [6, 6.07) is 3.16. The topological polar surface area (TPSA) is 143 Å². The molecule has 5 N–H and O–H groups in total. The highest BCUT2D eigenvalue weighted by Crippen LogP contribution is 2.40. The van der Waals surface area contributed by atoms with Crippen molar-refractivity contribution >= 4 is 56.3 Å². The molecule has 0 saturated heterocycles. The average Bonchev–Trinajstić information content (AvgIpc) is 2.51. The molecular formula is C16H12BrIN2O6. The third-order valence-electron chi connectivity index (χ3n) is 3.30. The van der Waals surface area contributed by atoms with Gasteiger partial charge in [-0.2, -0.15) is 0 Å². The van der Waals surface area contributed by atoms with E-state index in [0.717, 1.165) is 0 Å². The molecule has 0 amide bonds. The Morgan fingerprint density at radius 3 is 2.46 bits per heavy atom. The number of anilines is 1. The maximum atomic E-state index is 12.2. The maximum Gasteiger partial charge on any atom is 0.342 e. The third-order valence-corrected chi connectivity index (χ3v) is 4.55. The van der Waals surface area contributed by atoms with E-state index in [2.05, 4.69) is 27.5 Å². The summed E-state index contributed by atoms with van der Waals surface area (Å²) < 4.78 is 6.70. The molecular weight excluding hydrogens is 523 g/mol. The molecule has 0 atom stereocenters. The van der Waals surface area contributed by atoms with Gasteiger partial charge in [0.25, 0.3) is 5.56 Å². The second-order valence-electron chi connectivity index (χ2n) is 4.97. The number of aromatic amines is 1. The molecule has 0 fully saturated rings. The largest absolute Gasteiger partial charge is 0.488 e. The number of ether oxygens (including phenoxy) is 1. The van der Waals surface area contributed by atoms with E-state index < -0.39 is 34.4 Å². The number of halogens is 2. The fraction of sp³-hybridized carbons (Fsp3) is 0.0625. The fourth-order valence-electron chi connectivity index (χ4n) is 2.35. The molecule has 0 aliphatic rings. The number of rotatable bonds is 6. The van der Waals surface area contributed by atoms with Crippen LogP contribution >= 0.6 is 38.5 Å². The molecule has 1 heterocycles. The van der Waals surface area contributed by atoms with Crippen molar-refractivity contribution in [3.05, 3.63) is 54.3 Å². The van der Waals surface area contributed by atoms with Crippen molar-refractivity contribution in [3.8, 4) is 16.9 Å². The van der Waals surface area contributed by atoms with Crippen molar-refractivity contribution in [3.63, 3.8) is 0 Å². The Labute approximate surface area is 168 Å². The van der Waals surface area contributed by atoms with Crippen LogP contribution in [0.15, 0.2) is 34.1 Å². The summed E-state index contributed by atoms with van der Waals surface area (Å²) in [5, 5.41) is 19.0. The number of nitrogens with two attached hydrogens (primary N) is 1.